The predicted octanol–water partition coefficient (Wildman–Crippen LogP) is 5.65. The highest BCUT2D eigenvalue weighted by Gasteiger charge is 2.14. The molecular formula is C22H24N4OS. The van der Waals surface area contributed by atoms with Crippen LogP contribution in [0.25, 0.3) is 11.3 Å². The number of hydrogen-bond donors (Lipinski definition) is 2. The van der Waals surface area contributed by atoms with Gasteiger partial charge in [-0.2, -0.15) is 5.10 Å². The van der Waals surface area contributed by atoms with E-state index >= 15 is 0 Å². The van der Waals surface area contributed by atoms with Crippen LogP contribution in [0.5, 0.6) is 0 Å². The van der Waals surface area contributed by atoms with Gasteiger partial charge >= 0.3 is 0 Å². The van der Waals surface area contributed by atoms with Crippen molar-refractivity contribution in [3.8, 4) is 11.3 Å². The molecule has 3 aromatic rings. The quantitative estimate of drug-likeness (QED) is 0.421. The van der Waals surface area contributed by atoms with Crippen LogP contribution < -0.4 is 10.7 Å². The van der Waals surface area contributed by atoms with Gasteiger partial charge in [-0.05, 0) is 24.0 Å². The highest BCUT2D eigenvalue weighted by atomic mass is 32.1. The van der Waals surface area contributed by atoms with E-state index in [0.29, 0.717) is 16.1 Å². The highest BCUT2D eigenvalue weighted by molar-refractivity contribution is 7.20. The van der Waals surface area contributed by atoms with Crippen molar-refractivity contribution in [1.29, 1.82) is 0 Å². The largest absolute Gasteiger partial charge is 0.316 e. The van der Waals surface area contributed by atoms with Crippen LogP contribution in [0.2, 0.25) is 0 Å². The molecular weight excluding hydrogens is 368 g/mol. The first kappa shape index (κ1) is 19.8. The van der Waals surface area contributed by atoms with Crippen LogP contribution in [0.3, 0.4) is 0 Å². The Kier molecular flexibility index (Phi) is 6.21. The van der Waals surface area contributed by atoms with Crippen LogP contribution in [-0.2, 0) is 4.79 Å². The first-order valence-corrected chi connectivity index (χ1v) is 9.98. The van der Waals surface area contributed by atoms with Gasteiger partial charge in [-0.1, -0.05) is 79.3 Å². The summed E-state index contributed by atoms with van der Waals surface area (Å²) in [6.45, 7) is 7.87. The number of aromatic nitrogens is 1. The number of nitrogens with one attached hydrogen (secondary N) is 2. The molecule has 3 rings (SSSR count). The molecule has 5 nitrogen and oxygen atoms in total. The molecule has 0 aliphatic carbocycles. The summed E-state index contributed by atoms with van der Waals surface area (Å²) in [4.78, 5) is 16.2. The Hall–Kier alpha value is -2.99. The van der Waals surface area contributed by atoms with Crippen molar-refractivity contribution in [2.24, 2.45) is 5.10 Å². The van der Waals surface area contributed by atoms with Crippen molar-refractivity contribution >= 4 is 33.6 Å². The number of nitrogens with zero attached hydrogens (tertiary/aromatic N) is 2. The van der Waals surface area contributed by atoms with Gasteiger partial charge in [-0.15, -0.1) is 0 Å². The standard InChI is InChI=1S/C22H24N4OS/c1-14(2)18-11-7-17(8-12-18)13-23-26-22-25-20(21(28-22)24-16(4)27)19-9-5-15(3)6-10-19/h5-14H,1-4H3,(H,24,27)(H,25,26). The third kappa shape index (κ3) is 5.04. The topological polar surface area (TPSA) is 66.4 Å². The zero-order valence-electron chi connectivity index (χ0n) is 16.5. The Morgan fingerprint density at radius 3 is 2.39 bits per heavy atom. The van der Waals surface area contributed by atoms with E-state index in [9.17, 15) is 4.79 Å². The normalized spacial score (nSPS) is 11.2. The van der Waals surface area contributed by atoms with E-state index in [1.54, 1.807) is 6.21 Å². The third-order valence-corrected chi connectivity index (χ3v) is 5.09. The number of hydrogen-bond acceptors (Lipinski definition) is 5. The number of aryl methyl sites for hydroxylation is 1. The molecule has 0 aliphatic rings. The molecule has 0 saturated heterocycles. The van der Waals surface area contributed by atoms with Gasteiger partial charge in [0, 0.05) is 12.5 Å². The molecule has 0 bridgehead atoms. The van der Waals surface area contributed by atoms with Crippen molar-refractivity contribution in [2.75, 3.05) is 10.7 Å². The number of anilines is 2. The number of thiazole rings is 1. The van der Waals surface area contributed by atoms with Gasteiger partial charge in [0.1, 0.15) is 10.7 Å². The zero-order chi connectivity index (χ0) is 20.1. The van der Waals surface area contributed by atoms with Crippen molar-refractivity contribution in [3.05, 3.63) is 65.2 Å². The van der Waals surface area contributed by atoms with Crippen LogP contribution in [0.15, 0.2) is 53.6 Å². The Balaban J connectivity index is 1.78. The van der Waals surface area contributed by atoms with Crippen LogP contribution in [0.1, 0.15) is 43.4 Å². The van der Waals surface area contributed by atoms with E-state index in [0.717, 1.165) is 16.8 Å². The lowest BCUT2D eigenvalue weighted by molar-refractivity contribution is -0.114. The van der Waals surface area contributed by atoms with Crippen LogP contribution >= 0.6 is 11.3 Å². The van der Waals surface area contributed by atoms with Crippen molar-refractivity contribution < 1.29 is 4.79 Å². The Morgan fingerprint density at radius 1 is 1.11 bits per heavy atom. The molecule has 2 aromatic carbocycles. The predicted molar refractivity (Wildman–Crippen MR) is 118 cm³/mol. The maximum Gasteiger partial charge on any atom is 0.221 e. The second-order valence-electron chi connectivity index (χ2n) is 6.94. The van der Waals surface area contributed by atoms with Crippen molar-refractivity contribution in [1.82, 2.24) is 4.98 Å². The first-order valence-electron chi connectivity index (χ1n) is 9.17. The fourth-order valence-corrected chi connectivity index (χ4v) is 3.53. The summed E-state index contributed by atoms with van der Waals surface area (Å²) < 4.78 is 0. The maximum atomic E-state index is 11.6. The SMILES string of the molecule is CC(=O)Nc1sc(NN=Cc2ccc(C(C)C)cc2)nc1-c1ccc(C)cc1. The Morgan fingerprint density at radius 2 is 1.79 bits per heavy atom. The summed E-state index contributed by atoms with van der Waals surface area (Å²) in [5, 5.41) is 8.47. The molecule has 0 radical (unpaired) electrons. The van der Waals surface area contributed by atoms with Gasteiger partial charge in [0.15, 0.2) is 0 Å². The first-order chi connectivity index (χ1) is 13.4. The number of carbonyl (C=O) groups is 1. The van der Waals surface area contributed by atoms with E-state index in [2.05, 4.69) is 46.8 Å². The van der Waals surface area contributed by atoms with Gasteiger partial charge in [-0.25, -0.2) is 4.98 Å². The highest BCUT2D eigenvalue weighted by Crippen LogP contribution is 2.36. The number of amides is 1. The number of rotatable bonds is 6. The molecule has 0 unspecified atom stereocenters. The minimum absolute atomic E-state index is 0.127. The smallest absolute Gasteiger partial charge is 0.221 e. The fourth-order valence-electron chi connectivity index (χ4n) is 2.65. The summed E-state index contributed by atoms with van der Waals surface area (Å²) in [7, 11) is 0. The minimum atomic E-state index is -0.127. The van der Waals surface area contributed by atoms with Crippen LogP contribution in [0, 0.1) is 6.92 Å². The lowest BCUT2D eigenvalue weighted by Crippen LogP contribution is -2.05. The summed E-state index contributed by atoms with van der Waals surface area (Å²) in [6.07, 6.45) is 1.76. The summed E-state index contributed by atoms with van der Waals surface area (Å²) in [5.74, 6) is 0.379. The third-order valence-electron chi connectivity index (χ3n) is 4.22. The van der Waals surface area contributed by atoms with Crippen LogP contribution in [0.4, 0.5) is 10.1 Å². The summed E-state index contributed by atoms with van der Waals surface area (Å²) in [6, 6.07) is 16.4. The average molecular weight is 393 g/mol. The molecule has 0 aliphatic heterocycles. The molecule has 28 heavy (non-hydrogen) atoms. The fraction of sp³-hybridized carbons (Fsp3) is 0.227. The molecule has 2 N–H and O–H groups in total. The summed E-state index contributed by atoms with van der Waals surface area (Å²) in [5.41, 5.74) is 8.14. The lowest BCUT2D eigenvalue weighted by Gasteiger charge is -2.04. The summed E-state index contributed by atoms with van der Waals surface area (Å²) >= 11 is 1.36. The van der Waals surface area contributed by atoms with Gasteiger partial charge in [0.2, 0.25) is 11.0 Å². The molecule has 1 amide bonds. The van der Waals surface area contributed by atoms with E-state index < -0.39 is 0 Å². The number of carbonyl (C=O) groups excluding carboxylic acids is 1. The van der Waals surface area contributed by atoms with E-state index in [1.807, 2.05) is 43.3 Å². The average Bonchev–Trinajstić information content (AvgIpc) is 3.04. The van der Waals surface area contributed by atoms with Gasteiger partial charge in [0.05, 0.1) is 6.21 Å². The Labute approximate surface area is 169 Å². The van der Waals surface area contributed by atoms with E-state index in [4.69, 9.17) is 0 Å². The molecule has 0 saturated carbocycles. The molecule has 144 valence electrons. The Bertz CT molecular complexity index is 973. The van der Waals surface area contributed by atoms with Crippen molar-refractivity contribution in [2.45, 2.75) is 33.6 Å². The molecule has 0 atom stereocenters. The molecule has 6 heteroatoms. The van der Waals surface area contributed by atoms with Gasteiger partial charge in [0.25, 0.3) is 0 Å². The van der Waals surface area contributed by atoms with Gasteiger partial charge in [-0.3, -0.25) is 10.2 Å². The minimum Gasteiger partial charge on any atom is -0.316 e. The van der Waals surface area contributed by atoms with Gasteiger partial charge < -0.3 is 5.32 Å². The molecule has 1 heterocycles. The monoisotopic (exact) mass is 392 g/mol. The number of hydrazone groups is 1. The maximum absolute atomic E-state index is 11.6. The zero-order valence-corrected chi connectivity index (χ0v) is 17.3. The number of benzene rings is 2. The van der Waals surface area contributed by atoms with Crippen LogP contribution in [-0.4, -0.2) is 17.1 Å². The second kappa shape index (κ2) is 8.80. The second-order valence-corrected chi connectivity index (χ2v) is 7.93. The van der Waals surface area contributed by atoms with Crippen molar-refractivity contribution in [3.63, 3.8) is 0 Å². The van der Waals surface area contributed by atoms with E-state index in [1.165, 1.54) is 29.4 Å². The molecule has 0 fully saturated rings. The van der Waals surface area contributed by atoms with E-state index in [-0.39, 0.29) is 5.91 Å². The molecule has 1 aromatic heterocycles. The lowest BCUT2D eigenvalue weighted by atomic mass is 10.0. The molecule has 0 spiro atoms.